The second-order valence-corrected chi connectivity index (χ2v) is 9.20. The van der Waals surface area contributed by atoms with Gasteiger partial charge in [-0.1, -0.05) is 36.4 Å². The van der Waals surface area contributed by atoms with Gasteiger partial charge in [-0.2, -0.15) is 0 Å². The topological polar surface area (TPSA) is 92.3 Å². The van der Waals surface area contributed by atoms with Gasteiger partial charge in [0.25, 0.3) is 0 Å². The highest BCUT2D eigenvalue weighted by molar-refractivity contribution is 5.89. The summed E-state index contributed by atoms with van der Waals surface area (Å²) in [5, 5.41) is 15.0. The molecule has 2 aromatic carbocycles. The number of hydrogen-bond donors (Lipinski definition) is 3. The van der Waals surface area contributed by atoms with E-state index in [0.717, 1.165) is 49.2 Å². The molecule has 2 aromatic rings. The van der Waals surface area contributed by atoms with E-state index in [0.29, 0.717) is 18.3 Å². The maximum atomic E-state index is 11.8. The third-order valence-electron chi connectivity index (χ3n) is 6.69. The third kappa shape index (κ3) is 6.80. The average molecular weight is 484 g/mol. The van der Waals surface area contributed by atoms with Crippen LogP contribution in [-0.2, 0) is 20.8 Å². The van der Waals surface area contributed by atoms with E-state index in [1.165, 1.54) is 6.42 Å². The molecule has 0 radical (unpaired) electrons. The van der Waals surface area contributed by atoms with Crippen molar-refractivity contribution in [1.29, 1.82) is 0 Å². The molecule has 35 heavy (non-hydrogen) atoms. The van der Waals surface area contributed by atoms with Gasteiger partial charge in [0, 0.05) is 43.9 Å². The molecule has 0 unspecified atom stereocenters. The number of benzene rings is 2. The first-order valence-electron chi connectivity index (χ1n) is 12.5. The Bertz CT molecular complexity index is 937. The highest BCUT2D eigenvalue weighted by Gasteiger charge is 2.35. The minimum atomic E-state index is -0.515. The molecule has 0 bridgehead atoms. The second kappa shape index (κ2) is 12.5. The number of anilines is 1. The number of aliphatic hydroxyl groups excluding tert-OH is 1. The van der Waals surface area contributed by atoms with Crippen molar-refractivity contribution in [2.75, 3.05) is 38.7 Å². The highest BCUT2D eigenvalue weighted by atomic mass is 16.7. The highest BCUT2D eigenvalue weighted by Crippen LogP contribution is 2.39. The normalized spacial score (nSPS) is 24.9. The van der Waals surface area contributed by atoms with Gasteiger partial charge in [0.15, 0.2) is 6.29 Å². The first-order chi connectivity index (χ1) is 17.1. The zero-order valence-corrected chi connectivity index (χ0v) is 20.6. The summed E-state index contributed by atoms with van der Waals surface area (Å²) in [5.41, 5.74) is 3.57. The van der Waals surface area contributed by atoms with Crippen molar-refractivity contribution in [2.45, 2.75) is 57.3 Å². The molecule has 2 heterocycles. The Morgan fingerprint density at radius 2 is 1.86 bits per heavy atom. The Balaban J connectivity index is 1.50. The van der Waals surface area contributed by atoms with Crippen LogP contribution in [0.2, 0.25) is 0 Å². The predicted octanol–water partition coefficient (Wildman–Crippen LogP) is 3.98. The quantitative estimate of drug-likeness (QED) is 0.500. The molecule has 2 fully saturated rings. The summed E-state index contributed by atoms with van der Waals surface area (Å²) < 4.78 is 18.3. The summed E-state index contributed by atoms with van der Waals surface area (Å²) in [6.07, 6.45) is 2.43. The number of hydrogen-bond acceptors (Lipinski definition) is 6. The van der Waals surface area contributed by atoms with Crippen LogP contribution in [-0.4, -0.2) is 61.5 Å². The smallest absolute Gasteiger partial charge is 0.319 e. The van der Waals surface area contributed by atoms with Gasteiger partial charge in [-0.15, -0.1) is 0 Å². The molecule has 0 aromatic heterocycles. The number of amides is 2. The van der Waals surface area contributed by atoms with E-state index >= 15 is 0 Å². The molecule has 8 heteroatoms. The summed E-state index contributed by atoms with van der Waals surface area (Å²) in [6, 6.07) is 15.7. The lowest BCUT2D eigenvalue weighted by Crippen LogP contribution is -2.42. The predicted molar refractivity (Wildman–Crippen MR) is 134 cm³/mol. The number of carbonyl (C=O) groups excluding carboxylic acids is 1. The summed E-state index contributed by atoms with van der Waals surface area (Å²) in [4.78, 5) is 14.3. The van der Waals surface area contributed by atoms with Gasteiger partial charge in [-0.05, 0) is 49.6 Å². The molecular formula is C27H37N3O5. The molecule has 4 rings (SSSR count). The largest absolute Gasteiger partial charge is 0.392 e. The molecule has 2 amide bonds. The van der Waals surface area contributed by atoms with E-state index in [4.69, 9.17) is 14.2 Å². The molecule has 2 saturated heterocycles. The van der Waals surface area contributed by atoms with Crippen molar-refractivity contribution in [3.8, 4) is 0 Å². The van der Waals surface area contributed by atoms with Crippen molar-refractivity contribution >= 4 is 11.7 Å². The number of ether oxygens (including phenoxy) is 3. The number of likely N-dealkylation sites (tertiary alicyclic amines) is 1. The Hall–Kier alpha value is -2.49. The van der Waals surface area contributed by atoms with Crippen LogP contribution in [0, 0.1) is 0 Å². The van der Waals surface area contributed by atoms with Gasteiger partial charge < -0.3 is 30.0 Å². The number of methoxy groups -OCH3 is 1. The van der Waals surface area contributed by atoms with Crippen LogP contribution in [0.25, 0.3) is 0 Å². The summed E-state index contributed by atoms with van der Waals surface area (Å²) in [6.45, 7) is 5.08. The Kier molecular flexibility index (Phi) is 9.12. The van der Waals surface area contributed by atoms with Gasteiger partial charge in [-0.25, -0.2) is 4.79 Å². The fourth-order valence-corrected chi connectivity index (χ4v) is 4.87. The van der Waals surface area contributed by atoms with Crippen molar-refractivity contribution in [2.24, 2.45) is 0 Å². The second-order valence-electron chi connectivity index (χ2n) is 9.20. The van der Waals surface area contributed by atoms with Crippen molar-refractivity contribution in [3.63, 3.8) is 0 Å². The van der Waals surface area contributed by atoms with Crippen LogP contribution < -0.4 is 10.6 Å². The molecule has 3 N–H and O–H groups in total. The van der Waals surface area contributed by atoms with Crippen LogP contribution in [0.4, 0.5) is 10.5 Å². The van der Waals surface area contributed by atoms with Gasteiger partial charge in [0.05, 0.1) is 25.4 Å². The van der Waals surface area contributed by atoms with Crippen LogP contribution in [0.5, 0.6) is 0 Å². The van der Waals surface area contributed by atoms with Crippen LogP contribution in [0.3, 0.4) is 0 Å². The summed E-state index contributed by atoms with van der Waals surface area (Å²) in [5.74, 6) is 0. The van der Waals surface area contributed by atoms with Crippen LogP contribution >= 0.6 is 0 Å². The van der Waals surface area contributed by atoms with Gasteiger partial charge in [0.2, 0.25) is 0 Å². The molecule has 4 atom stereocenters. The first-order valence-corrected chi connectivity index (χ1v) is 12.5. The standard InChI is InChI=1S/C27H37N3O5/c1-3-28-27(32)29-22-12-10-21(11-13-22)26-34-24(16-30-14-4-5-23(30)18-33-2)15-25(35-26)20-8-6-19(17-31)7-9-20/h6-13,23-26,31H,3-5,14-18H2,1-2H3,(H2,28,29,32)/t23-,24+,25-,26-/m0/s1. The molecule has 2 aliphatic rings. The van der Waals surface area contributed by atoms with Gasteiger partial charge in [0.1, 0.15) is 0 Å². The first kappa shape index (κ1) is 25.6. The summed E-state index contributed by atoms with van der Waals surface area (Å²) in [7, 11) is 1.76. The van der Waals surface area contributed by atoms with Crippen molar-refractivity contribution in [3.05, 3.63) is 65.2 Å². The lowest BCUT2D eigenvalue weighted by molar-refractivity contribution is -0.253. The molecule has 0 aliphatic carbocycles. The Morgan fingerprint density at radius 3 is 2.54 bits per heavy atom. The number of carbonyl (C=O) groups is 1. The lowest BCUT2D eigenvalue weighted by atomic mass is 9.99. The van der Waals surface area contributed by atoms with Crippen molar-refractivity contribution < 1.29 is 24.1 Å². The Labute approximate surface area is 207 Å². The lowest BCUT2D eigenvalue weighted by Gasteiger charge is -2.38. The number of nitrogens with one attached hydrogen (secondary N) is 2. The molecule has 2 aliphatic heterocycles. The number of aliphatic hydroxyl groups is 1. The summed E-state index contributed by atoms with van der Waals surface area (Å²) >= 11 is 0. The monoisotopic (exact) mass is 483 g/mol. The third-order valence-corrected chi connectivity index (χ3v) is 6.69. The van der Waals surface area contributed by atoms with Crippen molar-refractivity contribution in [1.82, 2.24) is 10.2 Å². The average Bonchev–Trinajstić information content (AvgIpc) is 3.31. The van der Waals surface area contributed by atoms with E-state index < -0.39 is 6.29 Å². The van der Waals surface area contributed by atoms with Crippen LogP contribution in [0.1, 0.15) is 55.3 Å². The maximum absolute atomic E-state index is 11.8. The zero-order valence-electron chi connectivity index (χ0n) is 20.6. The minimum absolute atomic E-state index is 0.00172. The minimum Gasteiger partial charge on any atom is -0.392 e. The van der Waals surface area contributed by atoms with Gasteiger partial charge >= 0.3 is 6.03 Å². The van der Waals surface area contributed by atoms with E-state index in [9.17, 15) is 9.90 Å². The molecular weight excluding hydrogens is 446 g/mol. The van der Waals surface area contributed by atoms with Crippen LogP contribution in [0.15, 0.2) is 48.5 Å². The Morgan fingerprint density at radius 1 is 1.11 bits per heavy atom. The molecule has 8 nitrogen and oxygen atoms in total. The van der Waals surface area contributed by atoms with E-state index in [-0.39, 0.29) is 24.8 Å². The SMILES string of the molecule is CCNC(=O)Nc1ccc([C@H]2O[C@@H](CN3CCC[C@H]3COC)C[C@@H](c3ccc(CO)cc3)O2)cc1. The molecule has 0 spiro atoms. The fraction of sp³-hybridized carbons (Fsp3) is 0.519. The number of urea groups is 1. The van der Waals surface area contributed by atoms with E-state index in [2.05, 4.69) is 15.5 Å². The van der Waals surface area contributed by atoms with Gasteiger partial charge in [-0.3, -0.25) is 4.90 Å². The number of nitrogens with zero attached hydrogens (tertiary/aromatic N) is 1. The number of rotatable bonds is 9. The molecule has 0 saturated carbocycles. The maximum Gasteiger partial charge on any atom is 0.319 e. The fourth-order valence-electron chi connectivity index (χ4n) is 4.87. The van der Waals surface area contributed by atoms with E-state index in [1.807, 2.05) is 55.5 Å². The van der Waals surface area contributed by atoms with E-state index in [1.54, 1.807) is 7.11 Å². The molecule has 190 valence electrons. The zero-order chi connectivity index (χ0) is 24.6.